The Labute approximate surface area is 110 Å². The van der Waals surface area contributed by atoms with E-state index in [1.165, 1.54) is 4.68 Å². The molecule has 7 nitrogen and oxygen atoms in total. The number of carbonyl (C=O) groups excluding carboxylic acids is 1. The second-order valence-electron chi connectivity index (χ2n) is 4.26. The smallest absolute Gasteiger partial charge is 0.257 e. The number of nitrogens with one attached hydrogen (secondary N) is 2. The maximum atomic E-state index is 12.0. The van der Waals surface area contributed by atoms with Gasteiger partial charge in [-0.05, 0) is 26.0 Å². The summed E-state index contributed by atoms with van der Waals surface area (Å²) < 4.78 is 1.48. The lowest BCUT2D eigenvalue weighted by molar-refractivity contribution is 0.0943. The second kappa shape index (κ2) is 5.38. The second-order valence-corrected chi connectivity index (χ2v) is 4.26. The van der Waals surface area contributed by atoms with Gasteiger partial charge in [0, 0.05) is 18.4 Å². The summed E-state index contributed by atoms with van der Waals surface area (Å²) in [7, 11) is 0. The van der Waals surface area contributed by atoms with Crippen LogP contribution in [0.4, 0.5) is 5.82 Å². The topological polar surface area (TPSA) is 96.0 Å². The van der Waals surface area contributed by atoms with E-state index >= 15 is 0 Å². The summed E-state index contributed by atoms with van der Waals surface area (Å²) in [5, 5.41) is 10.1. The third kappa shape index (κ3) is 2.82. The van der Waals surface area contributed by atoms with Crippen molar-refractivity contribution in [2.24, 2.45) is 5.11 Å². The first kappa shape index (κ1) is 12.9. The monoisotopic (exact) mass is 258 g/mol. The molecule has 2 aromatic heterocycles. The predicted octanol–water partition coefficient (Wildman–Crippen LogP) is 2.07. The number of hydrogen-bond donors (Lipinski definition) is 2. The van der Waals surface area contributed by atoms with Gasteiger partial charge in [0.15, 0.2) is 0 Å². The van der Waals surface area contributed by atoms with Gasteiger partial charge in [-0.15, -0.1) is 10.2 Å². The number of nitrogens with zero attached hydrogens (tertiary/aromatic N) is 4. The zero-order valence-electron chi connectivity index (χ0n) is 10.7. The lowest BCUT2D eigenvalue weighted by Gasteiger charge is -2.06. The molecule has 2 rings (SSSR count). The minimum atomic E-state index is -0.295. The largest absolute Gasteiger partial charge is 0.350 e. The lowest BCUT2D eigenvalue weighted by Crippen LogP contribution is -2.29. The van der Waals surface area contributed by atoms with Crippen molar-refractivity contribution in [2.75, 3.05) is 0 Å². The molecule has 0 unspecified atom stereocenters. The molecule has 0 aliphatic heterocycles. The molecule has 0 spiro atoms. The van der Waals surface area contributed by atoms with Gasteiger partial charge in [0.05, 0.1) is 11.9 Å². The summed E-state index contributed by atoms with van der Waals surface area (Å²) >= 11 is 0. The number of carbonyl (C=O) groups is 1. The molecule has 0 aromatic carbocycles. The molecule has 2 N–H and O–H groups in total. The van der Waals surface area contributed by atoms with E-state index in [-0.39, 0.29) is 23.3 Å². The van der Waals surface area contributed by atoms with Crippen LogP contribution in [-0.4, -0.2) is 26.7 Å². The molecule has 19 heavy (non-hydrogen) atoms. The van der Waals surface area contributed by atoms with Gasteiger partial charge in [-0.3, -0.25) is 9.78 Å². The van der Waals surface area contributed by atoms with Crippen LogP contribution in [0.1, 0.15) is 24.2 Å². The zero-order valence-corrected chi connectivity index (χ0v) is 10.7. The molecule has 0 aliphatic rings. The Hall–Kier alpha value is -2.57. The summed E-state index contributed by atoms with van der Waals surface area (Å²) in [4.78, 5) is 15.9. The fraction of sp³-hybridized carbons (Fsp3) is 0.250. The molecule has 0 saturated carbocycles. The maximum absolute atomic E-state index is 12.0. The highest BCUT2D eigenvalue weighted by molar-refractivity contribution is 5.98. The molecule has 2 aromatic rings. The highest BCUT2D eigenvalue weighted by atomic mass is 16.1. The van der Waals surface area contributed by atoms with Crippen molar-refractivity contribution in [1.29, 1.82) is 5.53 Å². The van der Waals surface area contributed by atoms with Crippen LogP contribution in [0.15, 0.2) is 35.8 Å². The van der Waals surface area contributed by atoms with Crippen LogP contribution in [0, 0.1) is 5.53 Å². The maximum Gasteiger partial charge on any atom is 0.257 e. The van der Waals surface area contributed by atoms with E-state index in [1.807, 2.05) is 13.8 Å². The van der Waals surface area contributed by atoms with Crippen LogP contribution in [-0.2, 0) is 0 Å². The predicted molar refractivity (Wildman–Crippen MR) is 68.8 cm³/mol. The SMILES string of the molecule is CC(C)NC(=O)c1cn(-c2cccnc2)nc1N=N. The molecule has 0 fully saturated rings. The Morgan fingerprint density at radius 3 is 2.89 bits per heavy atom. The van der Waals surface area contributed by atoms with Crippen LogP contribution in [0.2, 0.25) is 0 Å². The highest BCUT2D eigenvalue weighted by Gasteiger charge is 2.17. The Morgan fingerprint density at radius 2 is 2.32 bits per heavy atom. The third-order valence-corrected chi connectivity index (χ3v) is 2.38. The van der Waals surface area contributed by atoms with Gasteiger partial charge >= 0.3 is 0 Å². The Morgan fingerprint density at radius 1 is 1.53 bits per heavy atom. The third-order valence-electron chi connectivity index (χ3n) is 2.38. The lowest BCUT2D eigenvalue weighted by atomic mass is 10.3. The first-order chi connectivity index (χ1) is 9.11. The van der Waals surface area contributed by atoms with Crippen LogP contribution in [0.25, 0.3) is 5.69 Å². The van der Waals surface area contributed by atoms with Crippen LogP contribution >= 0.6 is 0 Å². The van der Waals surface area contributed by atoms with E-state index in [4.69, 9.17) is 5.53 Å². The molecule has 0 saturated heterocycles. The standard InChI is InChI=1S/C12H14N6O/c1-8(2)15-12(19)10-7-18(17-11(10)16-13)9-4-3-5-14-6-9/h3-8,13H,1-2H3,(H,15,19). The minimum absolute atomic E-state index is 0.00725. The molecular formula is C12H14N6O. The molecular weight excluding hydrogens is 244 g/mol. The van der Waals surface area contributed by atoms with Crippen molar-refractivity contribution >= 4 is 11.7 Å². The first-order valence-corrected chi connectivity index (χ1v) is 5.80. The molecule has 98 valence electrons. The van der Waals surface area contributed by atoms with Crippen molar-refractivity contribution in [3.8, 4) is 5.69 Å². The summed E-state index contributed by atoms with van der Waals surface area (Å²) in [5.41, 5.74) is 8.07. The summed E-state index contributed by atoms with van der Waals surface area (Å²) in [6.45, 7) is 3.72. The van der Waals surface area contributed by atoms with Gasteiger partial charge in [0.25, 0.3) is 5.91 Å². The van der Waals surface area contributed by atoms with Crippen LogP contribution in [0.5, 0.6) is 0 Å². The fourth-order valence-electron chi connectivity index (χ4n) is 1.57. The number of hydrogen-bond acceptors (Lipinski definition) is 5. The summed E-state index contributed by atoms with van der Waals surface area (Å²) in [6.07, 6.45) is 4.81. The molecule has 2 heterocycles. The van der Waals surface area contributed by atoms with Gasteiger partial charge in [0.1, 0.15) is 5.56 Å². The highest BCUT2D eigenvalue weighted by Crippen LogP contribution is 2.19. The first-order valence-electron chi connectivity index (χ1n) is 5.80. The van der Waals surface area contributed by atoms with Crippen molar-refractivity contribution in [2.45, 2.75) is 19.9 Å². The van der Waals surface area contributed by atoms with Crippen LogP contribution in [0.3, 0.4) is 0 Å². The van der Waals surface area contributed by atoms with Gasteiger partial charge in [-0.2, -0.15) is 0 Å². The zero-order chi connectivity index (χ0) is 13.8. The van der Waals surface area contributed by atoms with E-state index in [0.29, 0.717) is 5.69 Å². The van der Waals surface area contributed by atoms with Crippen molar-refractivity contribution in [1.82, 2.24) is 20.1 Å². The van der Waals surface area contributed by atoms with Crippen molar-refractivity contribution in [3.63, 3.8) is 0 Å². The van der Waals surface area contributed by atoms with Gasteiger partial charge in [-0.1, -0.05) is 0 Å². The van der Waals surface area contributed by atoms with Crippen molar-refractivity contribution in [3.05, 3.63) is 36.3 Å². The van der Waals surface area contributed by atoms with Gasteiger partial charge < -0.3 is 5.32 Å². The van der Waals surface area contributed by atoms with E-state index < -0.39 is 0 Å². The van der Waals surface area contributed by atoms with Crippen molar-refractivity contribution < 1.29 is 4.79 Å². The summed E-state index contributed by atoms with van der Waals surface area (Å²) in [6, 6.07) is 3.58. The molecule has 0 radical (unpaired) electrons. The number of rotatable bonds is 4. The molecule has 7 heteroatoms. The number of aromatic nitrogens is 3. The van der Waals surface area contributed by atoms with E-state index in [9.17, 15) is 4.79 Å². The van der Waals surface area contributed by atoms with Gasteiger partial charge in [-0.25, -0.2) is 10.2 Å². The number of amides is 1. The van der Waals surface area contributed by atoms with E-state index in [1.54, 1.807) is 30.7 Å². The molecule has 0 atom stereocenters. The Bertz CT molecular complexity index is 590. The summed E-state index contributed by atoms with van der Waals surface area (Å²) in [5.74, 6) is -0.210. The van der Waals surface area contributed by atoms with Gasteiger partial charge in [0.2, 0.25) is 5.82 Å². The minimum Gasteiger partial charge on any atom is -0.350 e. The normalized spacial score (nSPS) is 10.5. The number of pyridine rings is 1. The molecule has 0 bridgehead atoms. The quantitative estimate of drug-likeness (QED) is 0.821. The fourth-order valence-corrected chi connectivity index (χ4v) is 1.57. The van der Waals surface area contributed by atoms with E-state index in [0.717, 1.165) is 0 Å². The molecule has 1 amide bonds. The van der Waals surface area contributed by atoms with E-state index in [2.05, 4.69) is 20.5 Å². The Kier molecular flexibility index (Phi) is 3.65. The van der Waals surface area contributed by atoms with Crippen LogP contribution < -0.4 is 5.32 Å². The average Bonchev–Trinajstić information content (AvgIpc) is 2.83. The Balaban J connectivity index is 2.38. The average molecular weight is 258 g/mol. The molecule has 0 aliphatic carbocycles.